The van der Waals surface area contributed by atoms with Gasteiger partial charge in [0, 0.05) is 19.1 Å². The molecule has 0 aliphatic carbocycles. The van der Waals surface area contributed by atoms with Crippen LogP contribution in [0.4, 0.5) is 11.9 Å². The molecule has 0 spiro atoms. The van der Waals surface area contributed by atoms with E-state index in [0.29, 0.717) is 30.6 Å². The maximum absolute atomic E-state index is 5.41. The molecule has 0 unspecified atom stereocenters. The molecule has 0 atom stereocenters. The van der Waals surface area contributed by atoms with Gasteiger partial charge in [-0.1, -0.05) is 6.92 Å². The Bertz CT molecular complexity index is 359. The third-order valence-corrected chi connectivity index (χ3v) is 2.56. The van der Waals surface area contributed by atoms with E-state index in [1.54, 1.807) is 0 Å². The third-order valence-electron chi connectivity index (χ3n) is 2.56. The molecule has 1 aromatic rings. The van der Waals surface area contributed by atoms with Gasteiger partial charge in [0.1, 0.15) is 0 Å². The molecule has 6 nitrogen and oxygen atoms in total. The van der Waals surface area contributed by atoms with E-state index >= 15 is 0 Å². The highest BCUT2D eigenvalue weighted by molar-refractivity contribution is 5.39. The summed E-state index contributed by atoms with van der Waals surface area (Å²) in [6.07, 6.45) is 1.05. The van der Waals surface area contributed by atoms with Crippen molar-refractivity contribution in [3.8, 4) is 6.01 Å². The van der Waals surface area contributed by atoms with Gasteiger partial charge < -0.3 is 15.0 Å². The molecule has 0 saturated carbocycles. The minimum absolute atomic E-state index is 0.339. The first kappa shape index (κ1) is 15.5. The van der Waals surface area contributed by atoms with E-state index in [-0.39, 0.29) is 0 Å². The van der Waals surface area contributed by atoms with Gasteiger partial charge >= 0.3 is 6.01 Å². The summed E-state index contributed by atoms with van der Waals surface area (Å²) >= 11 is 0. The van der Waals surface area contributed by atoms with Crippen LogP contribution in [0.2, 0.25) is 0 Å². The molecule has 1 rings (SSSR count). The van der Waals surface area contributed by atoms with Crippen molar-refractivity contribution in [2.45, 2.75) is 47.1 Å². The van der Waals surface area contributed by atoms with Crippen LogP contribution in [-0.4, -0.2) is 40.7 Å². The highest BCUT2D eigenvalue weighted by Gasteiger charge is 2.16. The summed E-state index contributed by atoms with van der Waals surface area (Å²) in [5, 5.41) is 3.11. The first-order valence-electron chi connectivity index (χ1n) is 7.01. The zero-order chi connectivity index (χ0) is 14.3. The average molecular weight is 267 g/mol. The maximum atomic E-state index is 5.41. The minimum atomic E-state index is 0.339. The second-order valence-electron chi connectivity index (χ2n) is 4.49. The molecule has 0 radical (unpaired) electrons. The fraction of sp³-hybridized carbons (Fsp3) is 0.769. The lowest BCUT2D eigenvalue weighted by atomic mass is 10.3. The van der Waals surface area contributed by atoms with Crippen molar-refractivity contribution >= 4 is 11.9 Å². The van der Waals surface area contributed by atoms with Crippen LogP contribution in [0.15, 0.2) is 0 Å². The third kappa shape index (κ3) is 4.54. The van der Waals surface area contributed by atoms with Crippen LogP contribution in [-0.2, 0) is 0 Å². The smallest absolute Gasteiger partial charge is 0.323 e. The van der Waals surface area contributed by atoms with Crippen LogP contribution in [0.1, 0.15) is 41.0 Å². The van der Waals surface area contributed by atoms with Crippen LogP contribution in [0.25, 0.3) is 0 Å². The highest BCUT2D eigenvalue weighted by Crippen LogP contribution is 2.17. The number of hydrogen-bond donors (Lipinski definition) is 1. The lowest BCUT2D eigenvalue weighted by molar-refractivity contribution is 0.311. The maximum Gasteiger partial charge on any atom is 0.323 e. The van der Waals surface area contributed by atoms with E-state index in [1.165, 1.54) is 0 Å². The van der Waals surface area contributed by atoms with Gasteiger partial charge in [0.25, 0.3) is 0 Å². The van der Waals surface area contributed by atoms with Gasteiger partial charge in [-0.2, -0.15) is 15.0 Å². The number of rotatable bonds is 8. The predicted octanol–water partition coefficient (Wildman–Crippen LogP) is 2.33. The average Bonchev–Trinajstić information content (AvgIpc) is 2.36. The van der Waals surface area contributed by atoms with Crippen LogP contribution in [0.3, 0.4) is 0 Å². The predicted molar refractivity (Wildman–Crippen MR) is 77.9 cm³/mol. The lowest BCUT2D eigenvalue weighted by Gasteiger charge is -2.26. The topological polar surface area (TPSA) is 63.2 Å². The van der Waals surface area contributed by atoms with E-state index in [0.717, 1.165) is 19.5 Å². The summed E-state index contributed by atoms with van der Waals surface area (Å²) in [5.74, 6) is 1.24. The molecule has 0 amide bonds. The number of anilines is 2. The standard InChI is InChI=1S/C13H25N5O/c1-6-9-18(10(4)5)12-15-11(14-7-2)16-13(17-12)19-8-3/h10H,6-9H2,1-5H3,(H,14,15,16,17). The zero-order valence-corrected chi connectivity index (χ0v) is 12.6. The monoisotopic (exact) mass is 267 g/mol. The van der Waals surface area contributed by atoms with Crippen molar-refractivity contribution in [1.29, 1.82) is 0 Å². The van der Waals surface area contributed by atoms with Crippen molar-refractivity contribution in [2.24, 2.45) is 0 Å². The van der Waals surface area contributed by atoms with Crippen molar-refractivity contribution in [3.63, 3.8) is 0 Å². The number of ether oxygens (including phenoxy) is 1. The molecule has 0 saturated heterocycles. The Kier molecular flexibility index (Phi) is 6.32. The summed E-state index contributed by atoms with van der Waals surface area (Å²) in [6.45, 7) is 12.6. The molecule has 1 heterocycles. The number of nitrogens with zero attached hydrogens (tertiary/aromatic N) is 4. The van der Waals surface area contributed by atoms with E-state index in [9.17, 15) is 0 Å². The van der Waals surface area contributed by atoms with Crippen molar-refractivity contribution in [3.05, 3.63) is 0 Å². The summed E-state index contributed by atoms with van der Waals surface area (Å²) in [7, 11) is 0. The van der Waals surface area contributed by atoms with Gasteiger partial charge in [-0.3, -0.25) is 0 Å². The van der Waals surface area contributed by atoms with Gasteiger partial charge in [0.15, 0.2) is 0 Å². The van der Waals surface area contributed by atoms with Crippen LogP contribution in [0, 0.1) is 0 Å². The van der Waals surface area contributed by atoms with Crippen molar-refractivity contribution in [2.75, 3.05) is 29.9 Å². The molecule has 0 aliphatic heterocycles. The first-order chi connectivity index (χ1) is 9.12. The Morgan fingerprint density at radius 2 is 1.89 bits per heavy atom. The Hall–Kier alpha value is -1.59. The highest BCUT2D eigenvalue weighted by atomic mass is 16.5. The van der Waals surface area contributed by atoms with Gasteiger partial charge in [-0.15, -0.1) is 0 Å². The molecular formula is C13H25N5O. The fourth-order valence-electron chi connectivity index (χ4n) is 1.74. The normalized spacial score (nSPS) is 10.6. The zero-order valence-electron chi connectivity index (χ0n) is 12.6. The van der Waals surface area contributed by atoms with Crippen molar-refractivity contribution < 1.29 is 4.74 Å². The van der Waals surface area contributed by atoms with Gasteiger partial charge in [-0.25, -0.2) is 0 Å². The van der Waals surface area contributed by atoms with Gasteiger partial charge in [0.05, 0.1) is 6.61 Å². The summed E-state index contributed by atoms with van der Waals surface area (Å²) in [6, 6.07) is 0.719. The van der Waals surface area contributed by atoms with E-state index in [1.807, 2.05) is 13.8 Å². The number of nitrogens with one attached hydrogen (secondary N) is 1. The molecule has 0 fully saturated rings. The Balaban J connectivity index is 3.08. The Morgan fingerprint density at radius 1 is 1.16 bits per heavy atom. The van der Waals surface area contributed by atoms with Crippen LogP contribution < -0.4 is 15.0 Å². The lowest BCUT2D eigenvalue weighted by Crippen LogP contribution is -2.33. The van der Waals surface area contributed by atoms with Gasteiger partial charge in [0.2, 0.25) is 11.9 Å². The second-order valence-corrected chi connectivity index (χ2v) is 4.49. The quantitative estimate of drug-likeness (QED) is 0.780. The minimum Gasteiger partial charge on any atom is -0.464 e. The van der Waals surface area contributed by atoms with Crippen LogP contribution in [0.5, 0.6) is 6.01 Å². The number of aromatic nitrogens is 3. The largest absolute Gasteiger partial charge is 0.464 e. The summed E-state index contributed by atoms with van der Waals surface area (Å²) in [4.78, 5) is 15.2. The molecule has 0 bridgehead atoms. The second kappa shape index (κ2) is 7.76. The SMILES string of the molecule is CCCN(c1nc(NCC)nc(OCC)n1)C(C)C. The Labute approximate surface area is 115 Å². The molecule has 1 aromatic heterocycles. The fourth-order valence-corrected chi connectivity index (χ4v) is 1.74. The summed E-state index contributed by atoms with van der Waals surface area (Å²) in [5.41, 5.74) is 0. The Morgan fingerprint density at radius 3 is 2.42 bits per heavy atom. The molecule has 0 aliphatic rings. The summed E-state index contributed by atoms with van der Waals surface area (Å²) < 4.78 is 5.41. The first-order valence-corrected chi connectivity index (χ1v) is 7.01. The molecule has 19 heavy (non-hydrogen) atoms. The molecular weight excluding hydrogens is 242 g/mol. The van der Waals surface area contributed by atoms with E-state index < -0.39 is 0 Å². The van der Waals surface area contributed by atoms with E-state index in [2.05, 4.69) is 45.9 Å². The van der Waals surface area contributed by atoms with Crippen molar-refractivity contribution in [1.82, 2.24) is 15.0 Å². The molecule has 0 aromatic carbocycles. The number of hydrogen-bond acceptors (Lipinski definition) is 6. The molecule has 6 heteroatoms. The van der Waals surface area contributed by atoms with Gasteiger partial charge in [-0.05, 0) is 34.1 Å². The van der Waals surface area contributed by atoms with Crippen LogP contribution >= 0.6 is 0 Å². The van der Waals surface area contributed by atoms with E-state index in [4.69, 9.17) is 4.74 Å². The molecule has 1 N–H and O–H groups in total. The molecule has 108 valence electrons.